The lowest BCUT2D eigenvalue weighted by atomic mass is 9.43. The van der Waals surface area contributed by atoms with Gasteiger partial charge in [0.15, 0.2) is 0 Å². The van der Waals surface area contributed by atoms with E-state index >= 15 is 0 Å². The number of hydrogen-bond donors (Lipinski definition) is 1. The summed E-state index contributed by atoms with van der Waals surface area (Å²) >= 11 is 0. The Labute approximate surface area is 219 Å². The summed E-state index contributed by atoms with van der Waals surface area (Å²) in [6.07, 6.45) is 1.46. The molecule has 1 heterocycles. The molecule has 6 aliphatic rings. The lowest BCUT2D eigenvalue weighted by molar-refractivity contribution is -0.278. The summed E-state index contributed by atoms with van der Waals surface area (Å²) in [6.45, 7) is 7.38. The Morgan fingerprint density at radius 1 is 1.05 bits per heavy atom. The van der Waals surface area contributed by atoms with Crippen LogP contribution in [0.25, 0.3) is 0 Å². The predicted octanol–water partition coefficient (Wildman–Crippen LogP) is 1.64. The zero-order valence-electron chi connectivity index (χ0n) is 23.0. The van der Waals surface area contributed by atoms with Crippen molar-refractivity contribution in [2.75, 3.05) is 41.0 Å². The standard InChI is InChI=1S/C28H43NO8/c1-7-29-12-26(13-33-4)9-8-19(32)28-17-10-16-18(34-5)11-27(37-15(3)31,20(17)22(16)36-14(2)30)21(25(28)29)23(35-6)24(26)28/h16-25,32H,7-13H2,1-6H3/t16-,17-,18+,19+,20-,21+,22+,23+,24-,25-,26+,27-,28?/m1/s1. The van der Waals surface area contributed by atoms with Crippen molar-refractivity contribution >= 4 is 11.9 Å². The third kappa shape index (κ3) is 2.98. The molecule has 7 bridgehead atoms. The summed E-state index contributed by atoms with van der Waals surface area (Å²) < 4.78 is 31.0. The number of esters is 2. The molecule has 0 radical (unpaired) electrons. The number of aliphatic hydroxyl groups excluding tert-OH is 1. The van der Waals surface area contributed by atoms with Gasteiger partial charge in [-0.2, -0.15) is 0 Å². The molecule has 6 fully saturated rings. The van der Waals surface area contributed by atoms with Crippen molar-refractivity contribution in [2.24, 2.45) is 40.4 Å². The van der Waals surface area contributed by atoms with E-state index in [9.17, 15) is 14.7 Å². The lowest BCUT2D eigenvalue weighted by Crippen LogP contribution is -2.76. The Balaban J connectivity index is 1.65. The minimum absolute atomic E-state index is 0.00590. The molecule has 5 aliphatic carbocycles. The monoisotopic (exact) mass is 521 g/mol. The zero-order chi connectivity index (χ0) is 26.5. The summed E-state index contributed by atoms with van der Waals surface area (Å²) in [5.41, 5.74) is -1.57. The van der Waals surface area contributed by atoms with Gasteiger partial charge >= 0.3 is 11.9 Å². The van der Waals surface area contributed by atoms with Crippen molar-refractivity contribution < 1.29 is 38.4 Å². The maximum absolute atomic E-state index is 12.9. The number of methoxy groups -OCH3 is 3. The number of hydrogen-bond acceptors (Lipinski definition) is 9. The van der Waals surface area contributed by atoms with Crippen LogP contribution in [0.2, 0.25) is 0 Å². The van der Waals surface area contributed by atoms with Gasteiger partial charge in [0.05, 0.1) is 24.9 Å². The molecule has 0 amide bonds. The van der Waals surface area contributed by atoms with E-state index in [0.29, 0.717) is 19.4 Å². The Morgan fingerprint density at radius 3 is 2.41 bits per heavy atom. The first-order chi connectivity index (χ1) is 17.7. The second-order valence-corrected chi connectivity index (χ2v) is 12.7. The Hall–Kier alpha value is -1.26. The normalized spacial score (nSPS) is 53.2. The van der Waals surface area contributed by atoms with E-state index in [1.54, 1.807) is 21.3 Å². The van der Waals surface area contributed by atoms with Crippen LogP contribution in [0.3, 0.4) is 0 Å². The summed E-state index contributed by atoms with van der Waals surface area (Å²) in [4.78, 5) is 27.8. The number of rotatable bonds is 7. The van der Waals surface area contributed by atoms with Gasteiger partial charge in [-0.3, -0.25) is 14.5 Å². The molecule has 37 heavy (non-hydrogen) atoms. The molecule has 0 aromatic heterocycles. The third-order valence-corrected chi connectivity index (χ3v) is 11.7. The van der Waals surface area contributed by atoms with Crippen LogP contribution in [-0.4, -0.2) is 99.0 Å². The lowest BCUT2D eigenvalue weighted by Gasteiger charge is -2.69. The van der Waals surface area contributed by atoms with Crippen molar-refractivity contribution in [3.05, 3.63) is 0 Å². The molecular weight excluding hydrogens is 478 g/mol. The van der Waals surface area contributed by atoms with Crippen molar-refractivity contribution in [1.82, 2.24) is 4.90 Å². The first-order valence-corrected chi connectivity index (χ1v) is 14.0. The second kappa shape index (κ2) is 8.62. The quantitative estimate of drug-likeness (QED) is 0.501. The highest BCUT2D eigenvalue weighted by molar-refractivity contribution is 5.68. The number of carbonyl (C=O) groups excluding carboxylic acids is 2. The topological polar surface area (TPSA) is 104 Å². The van der Waals surface area contributed by atoms with E-state index < -0.39 is 23.2 Å². The fraction of sp³-hybridized carbons (Fsp3) is 0.929. The highest BCUT2D eigenvalue weighted by Gasteiger charge is 2.87. The summed E-state index contributed by atoms with van der Waals surface area (Å²) in [6, 6.07) is -0.0133. The van der Waals surface area contributed by atoms with Crippen LogP contribution < -0.4 is 0 Å². The van der Waals surface area contributed by atoms with Crippen LogP contribution in [0.4, 0.5) is 0 Å². The number of fused-ring (bicyclic) bond motifs is 2. The first-order valence-electron chi connectivity index (χ1n) is 14.0. The fourth-order valence-corrected chi connectivity index (χ4v) is 11.4. The van der Waals surface area contributed by atoms with Crippen molar-refractivity contribution in [3.63, 3.8) is 0 Å². The number of nitrogens with zero attached hydrogens (tertiary/aromatic N) is 1. The van der Waals surface area contributed by atoms with Crippen molar-refractivity contribution in [3.8, 4) is 0 Å². The zero-order valence-corrected chi connectivity index (χ0v) is 23.0. The largest absolute Gasteiger partial charge is 0.462 e. The van der Waals surface area contributed by atoms with Gasteiger partial charge in [-0.15, -0.1) is 0 Å². The highest BCUT2D eigenvalue weighted by atomic mass is 16.6. The molecule has 9 nitrogen and oxygen atoms in total. The van der Waals surface area contributed by atoms with Gasteiger partial charge in [-0.1, -0.05) is 6.92 Å². The molecule has 1 unspecified atom stereocenters. The number of carbonyl (C=O) groups is 2. The van der Waals surface area contributed by atoms with E-state index in [-0.39, 0.29) is 65.2 Å². The molecule has 0 aromatic carbocycles. The van der Waals surface area contributed by atoms with Crippen LogP contribution in [-0.2, 0) is 33.3 Å². The number of ether oxygens (including phenoxy) is 5. The number of aliphatic hydroxyl groups is 1. The van der Waals surface area contributed by atoms with Crippen LogP contribution >= 0.6 is 0 Å². The van der Waals surface area contributed by atoms with Crippen LogP contribution in [0.1, 0.15) is 46.5 Å². The molecule has 1 aliphatic heterocycles. The Bertz CT molecular complexity index is 960. The summed E-state index contributed by atoms with van der Waals surface area (Å²) in [5, 5.41) is 12.1. The van der Waals surface area contributed by atoms with Gasteiger partial charge in [-0.25, -0.2) is 0 Å². The second-order valence-electron chi connectivity index (χ2n) is 12.7. The Kier molecular flexibility index (Phi) is 6.05. The smallest absolute Gasteiger partial charge is 0.303 e. The van der Waals surface area contributed by atoms with E-state index in [1.165, 1.54) is 13.8 Å². The van der Waals surface area contributed by atoms with Crippen LogP contribution in [0.15, 0.2) is 0 Å². The van der Waals surface area contributed by atoms with Crippen LogP contribution in [0, 0.1) is 40.4 Å². The van der Waals surface area contributed by atoms with Gasteiger partial charge in [0.25, 0.3) is 0 Å². The summed E-state index contributed by atoms with van der Waals surface area (Å²) in [7, 11) is 5.22. The summed E-state index contributed by atoms with van der Waals surface area (Å²) in [5.74, 6) is -1.05. The van der Waals surface area contributed by atoms with Gasteiger partial charge in [0.2, 0.25) is 0 Å². The maximum Gasteiger partial charge on any atom is 0.303 e. The minimum atomic E-state index is -0.922. The number of piperidine rings is 1. The molecule has 208 valence electrons. The van der Waals surface area contributed by atoms with Crippen molar-refractivity contribution in [2.45, 2.75) is 82.5 Å². The van der Waals surface area contributed by atoms with Crippen LogP contribution in [0.5, 0.6) is 0 Å². The fourth-order valence-electron chi connectivity index (χ4n) is 11.4. The molecule has 0 aromatic rings. The van der Waals surface area contributed by atoms with E-state index in [4.69, 9.17) is 23.7 Å². The molecule has 6 rings (SSSR count). The average molecular weight is 522 g/mol. The van der Waals surface area contributed by atoms with Gasteiger partial charge < -0.3 is 28.8 Å². The Morgan fingerprint density at radius 2 is 1.81 bits per heavy atom. The molecule has 9 heteroatoms. The predicted molar refractivity (Wildman–Crippen MR) is 131 cm³/mol. The number of likely N-dealkylation sites (tertiary alicyclic amines) is 1. The first kappa shape index (κ1) is 26.0. The van der Waals surface area contributed by atoms with E-state index in [2.05, 4.69) is 11.8 Å². The molecule has 1 saturated heterocycles. The highest BCUT2D eigenvalue weighted by Crippen LogP contribution is 2.80. The molecular formula is C28H43NO8. The van der Waals surface area contributed by atoms with Gasteiger partial charge in [0, 0.05) is 88.7 Å². The van der Waals surface area contributed by atoms with E-state index in [0.717, 1.165) is 25.9 Å². The SMILES string of the molecule is CCN1C[C@]2(COC)CC[C@H](O)C34[C@@H]5C[C@H]6[C@H](OC(C)=O)[C@@H]5[C@](OC(C)=O)(C[C@@H]6OC)[C@@H]([C@H](OC)[C@@H]32)[C@@H]14. The third-order valence-electron chi connectivity index (χ3n) is 11.7. The molecule has 5 saturated carbocycles. The maximum atomic E-state index is 12.9. The van der Waals surface area contributed by atoms with Crippen molar-refractivity contribution in [1.29, 1.82) is 0 Å². The molecule has 1 spiro atoms. The van der Waals surface area contributed by atoms with E-state index in [1.807, 2.05) is 0 Å². The molecule has 1 N–H and O–H groups in total. The van der Waals surface area contributed by atoms with Gasteiger partial charge in [0.1, 0.15) is 11.7 Å². The van der Waals surface area contributed by atoms with Gasteiger partial charge in [-0.05, 0) is 31.7 Å². The molecule has 13 atom stereocenters. The average Bonchev–Trinajstić information content (AvgIpc) is 3.27. The minimum Gasteiger partial charge on any atom is -0.462 e.